The van der Waals surface area contributed by atoms with Crippen LogP contribution in [0.15, 0.2) is 0 Å². The van der Waals surface area contributed by atoms with E-state index in [2.05, 4.69) is 10.6 Å². The molecular formula is C16H31N3O2. The van der Waals surface area contributed by atoms with Crippen molar-refractivity contribution in [1.82, 2.24) is 10.6 Å². The summed E-state index contributed by atoms with van der Waals surface area (Å²) in [5.41, 5.74) is 5.47. The van der Waals surface area contributed by atoms with Gasteiger partial charge in [-0.05, 0) is 26.2 Å². The zero-order valence-corrected chi connectivity index (χ0v) is 13.5. The highest BCUT2D eigenvalue weighted by atomic mass is 16.2. The fourth-order valence-electron chi connectivity index (χ4n) is 2.86. The fourth-order valence-corrected chi connectivity index (χ4v) is 2.86. The van der Waals surface area contributed by atoms with Gasteiger partial charge in [0.25, 0.3) is 0 Å². The topological polar surface area (TPSA) is 84.2 Å². The highest BCUT2D eigenvalue weighted by Gasteiger charge is 2.36. The molecule has 1 unspecified atom stereocenters. The number of hydrogen-bond acceptors (Lipinski definition) is 3. The Labute approximate surface area is 128 Å². The number of carbonyl (C=O) groups excluding carboxylic acids is 2. The summed E-state index contributed by atoms with van der Waals surface area (Å²) in [5.74, 6) is 0.0237. The molecule has 21 heavy (non-hydrogen) atoms. The van der Waals surface area contributed by atoms with Gasteiger partial charge < -0.3 is 16.4 Å². The van der Waals surface area contributed by atoms with Crippen molar-refractivity contribution in [3.8, 4) is 0 Å². The molecule has 0 saturated heterocycles. The third-order valence-electron chi connectivity index (χ3n) is 4.59. The Hall–Kier alpha value is -1.10. The van der Waals surface area contributed by atoms with Crippen molar-refractivity contribution in [2.75, 3.05) is 13.1 Å². The molecule has 1 saturated carbocycles. The highest BCUT2D eigenvalue weighted by Crippen LogP contribution is 2.34. The quantitative estimate of drug-likeness (QED) is 0.625. The predicted octanol–water partition coefficient (Wildman–Crippen LogP) is 1.71. The summed E-state index contributed by atoms with van der Waals surface area (Å²) in [6.07, 6.45) is 7.49. The molecule has 0 heterocycles. The Kier molecular flexibility index (Phi) is 7.72. The van der Waals surface area contributed by atoms with Crippen LogP contribution >= 0.6 is 0 Å². The Morgan fingerprint density at radius 2 is 1.81 bits per heavy atom. The SMILES string of the molecule is CCC(C)NC(=O)CCNC(=O)C1(CN)CCCCCC1. The Balaban J connectivity index is 2.39. The number of nitrogens with two attached hydrogens (primary N) is 1. The molecule has 4 N–H and O–H groups in total. The maximum atomic E-state index is 12.4. The monoisotopic (exact) mass is 297 g/mol. The van der Waals surface area contributed by atoms with E-state index in [9.17, 15) is 9.59 Å². The maximum absolute atomic E-state index is 12.4. The molecular weight excluding hydrogens is 266 g/mol. The number of hydrogen-bond donors (Lipinski definition) is 3. The largest absolute Gasteiger partial charge is 0.355 e. The van der Waals surface area contributed by atoms with Gasteiger partial charge in [0.2, 0.25) is 11.8 Å². The lowest BCUT2D eigenvalue weighted by Crippen LogP contribution is -2.46. The van der Waals surface area contributed by atoms with Crippen LogP contribution in [0.1, 0.15) is 65.2 Å². The first kappa shape index (κ1) is 18.0. The second kappa shape index (κ2) is 9.03. The van der Waals surface area contributed by atoms with Crippen LogP contribution in [-0.4, -0.2) is 30.9 Å². The average Bonchev–Trinajstić information content (AvgIpc) is 2.73. The first-order valence-electron chi connectivity index (χ1n) is 8.32. The molecule has 0 radical (unpaired) electrons. The van der Waals surface area contributed by atoms with Crippen LogP contribution in [0, 0.1) is 5.41 Å². The molecule has 0 aromatic heterocycles. The van der Waals surface area contributed by atoms with Gasteiger partial charge in [-0.1, -0.05) is 32.6 Å². The lowest BCUT2D eigenvalue weighted by atomic mass is 9.79. The van der Waals surface area contributed by atoms with Crippen molar-refractivity contribution >= 4 is 11.8 Å². The molecule has 1 fully saturated rings. The minimum atomic E-state index is -0.413. The molecule has 1 atom stereocenters. The van der Waals surface area contributed by atoms with E-state index in [1.54, 1.807) is 0 Å². The van der Waals surface area contributed by atoms with E-state index in [1.165, 1.54) is 12.8 Å². The minimum absolute atomic E-state index is 0.00712. The van der Waals surface area contributed by atoms with E-state index in [0.29, 0.717) is 19.5 Å². The molecule has 0 aromatic rings. The summed E-state index contributed by atoms with van der Waals surface area (Å²) in [7, 11) is 0. The van der Waals surface area contributed by atoms with Crippen molar-refractivity contribution in [3.05, 3.63) is 0 Å². The van der Waals surface area contributed by atoms with Crippen LogP contribution in [-0.2, 0) is 9.59 Å². The molecule has 5 nitrogen and oxygen atoms in total. The third-order valence-corrected chi connectivity index (χ3v) is 4.59. The standard InChI is InChI=1S/C16H31N3O2/c1-3-13(2)19-14(20)8-11-18-15(21)16(12-17)9-6-4-5-7-10-16/h13H,3-12,17H2,1-2H3,(H,18,21)(H,19,20). The third kappa shape index (κ3) is 5.65. The van der Waals surface area contributed by atoms with Crippen molar-refractivity contribution in [1.29, 1.82) is 0 Å². The second-order valence-electron chi connectivity index (χ2n) is 6.28. The molecule has 1 aliphatic carbocycles. The number of nitrogens with one attached hydrogen (secondary N) is 2. The van der Waals surface area contributed by atoms with E-state index in [-0.39, 0.29) is 17.9 Å². The van der Waals surface area contributed by atoms with Gasteiger partial charge in [0.05, 0.1) is 5.41 Å². The molecule has 0 bridgehead atoms. The molecule has 5 heteroatoms. The van der Waals surface area contributed by atoms with Crippen LogP contribution in [0.4, 0.5) is 0 Å². The van der Waals surface area contributed by atoms with Gasteiger partial charge in [-0.25, -0.2) is 0 Å². The van der Waals surface area contributed by atoms with Crippen LogP contribution < -0.4 is 16.4 Å². The average molecular weight is 297 g/mol. The van der Waals surface area contributed by atoms with Crippen molar-refractivity contribution in [2.45, 2.75) is 71.3 Å². The summed E-state index contributed by atoms with van der Waals surface area (Å²) in [6.45, 7) is 4.80. The molecule has 1 aliphatic rings. The first-order chi connectivity index (χ1) is 10.0. The smallest absolute Gasteiger partial charge is 0.227 e. The lowest BCUT2D eigenvalue weighted by molar-refractivity contribution is -0.131. The van der Waals surface area contributed by atoms with Gasteiger partial charge in [-0.3, -0.25) is 9.59 Å². The molecule has 0 spiro atoms. The zero-order valence-electron chi connectivity index (χ0n) is 13.5. The molecule has 0 aromatic carbocycles. The number of carbonyl (C=O) groups is 2. The van der Waals surface area contributed by atoms with Gasteiger partial charge in [0.1, 0.15) is 0 Å². The molecule has 0 aliphatic heterocycles. The molecule has 2 amide bonds. The van der Waals surface area contributed by atoms with Gasteiger partial charge in [0, 0.05) is 25.6 Å². The van der Waals surface area contributed by atoms with E-state index < -0.39 is 5.41 Å². The lowest BCUT2D eigenvalue weighted by Gasteiger charge is -2.29. The summed E-state index contributed by atoms with van der Waals surface area (Å²) in [5, 5.41) is 5.82. The number of amides is 2. The summed E-state index contributed by atoms with van der Waals surface area (Å²) in [4.78, 5) is 24.1. The maximum Gasteiger partial charge on any atom is 0.227 e. The van der Waals surface area contributed by atoms with Crippen molar-refractivity contribution < 1.29 is 9.59 Å². The Morgan fingerprint density at radius 1 is 1.19 bits per heavy atom. The second-order valence-corrected chi connectivity index (χ2v) is 6.28. The van der Waals surface area contributed by atoms with Crippen LogP contribution in [0.5, 0.6) is 0 Å². The van der Waals surface area contributed by atoms with Crippen molar-refractivity contribution in [3.63, 3.8) is 0 Å². The van der Waals surface area contributed by atoms with E-state index in [0.717, 1.165) is 32.1 Å². The van der Waals surface area contributed by atoms with Gasteiger partial charge in [0.15, 0.2) is 0 Å². The van der Waals surface area contributed by atoms with Crippen LogP contribution in [0.3, 0.4) is 0 Å². The van der Waals surface area contributed by atoms with E-state index in [4.69, 9.17) is 5.73 Å². The van der Waals surface area contributed by atoms with Gasteiger partial charge in [-0.15, -0.1) is 0 Å². The normalized spacial score (nSPS) is 19.4. The minimum Gasteiger partial charge on any atom is -0.355 e. The summed E-state index contributed by atoms with van der Waals surface area (Å²) in [6, 6.07) is 0.186. The summed E-state index contributed by atoms with van der Waals surface area (Å²) >= 11 is 0. The highest BCUT2D eigenvalue weighted by molar-refractivity contribution is 5.83. The Morgan fingerprint density at radius 3 is 2.33 bits per heavy atom. The van der Waals surface area contributed by atoms with Crippen LogP contribution in [0.25, 0.3) is 0 Å². The van der Waals surface area contributed by atoms with Crippen LogP contribution in [0.2, 0.25) is 0 Å². The van der Waals surface area contributed by atoms with Gasteiger partial charge >= 0.3 is 0 Å². The summed E-state index contributed by atoms with van der Waals surface area (Å²) < 4.78 is 0. The van der Waals surface area contributed by atoms with E-state index in [1.807, 2.05) is 13.8 Å². The van der Waals surface area contributed by atoms with Gasteiger partial charge in [-0.2, -0.15) is 0 Å². The fraction of sp³-hybridized carbons (Fsp3) is 0.875. The molecule has 122 valence electrons. The first-order valence-corrected chi connectivity index (χ1v) is 8.32. The predicted molar refractivity (Wildman–Crippen MR) is 84.7 cm³/mol. The number of rotatable bonds is 7. The van der Waals surface area contributed by atoms with E-state index >= 15 is 0 Å². The zero-order chi connectivity index (χ0) is 15.7. The van der Waals surface area contributed by atoms with Crippen molar-refractivity contribution in [2.24, 2.45) is 11.1 Å². The molecule has 1 rings (SSSR count). The Bertz CT molecular complexity index is 336.